The lowest BCUT2D eigenvalue weighted by molar-refractivity contribution is 0.263. The molecule has 3 aromatic heterocycles. The molecule has 184 valence electrons. The van der Waals surface area contributed by atoms with Crippen molar-refractivity contribution in [1.82, 2.24) is 24.5 Å². The summed E-state index contributed by atoms with van der Waals surface area (Å²) < 4.78 is 30.3. The van der Waals surface area contributed by atoms with Crippen molar-refractivity contribution in [2.24, 2.45) is 0 Å². The van der Waals surface area contributed by atoms with Crippen LogP contribution in [0, 0.1) is 0 Å². The van der Waals surface area contributed by atoms with Gasteiger partial charge in [0.1, 0.15) is 5.69 Å². The summed E-state index contributed by atoms with van der Waals surface area (Å²) in [5.74, 6) is 1.46. The number of furan rings is 1. The van der Waals surface area contributed by atoms with Crippen LogP contribution < -0.4 is 15.5 Å². The van der Waals surface area contributed by atoms with Gasteiger partial charge in [-0.2, -0.15) is 19.6 Å². The molecular formula is C23H28N8O3S. The number of sulfone groups is 1. The Morgan fingerprint density at radius 1 is 1.09 bits per heavy atom. The molecule has 35 heavy (non-hydrogen) atoms. The molecule has 4 aromatic rings. The van der Waals surface area contributed by atoms with Crippen molar-refractivity contribution in [1.29, 1.82) is 0 Å². The molecule has 1 aromatic carbocycles. The van der Waals surface area contributed by atoms with Gasteiger partial charge in [0.25, 0.3) is 0 Å². The largest absolute Gasteiger partial charge is 0.463 e. The Kier molecular flexibility index (Phi) is 6.07. The lowest BCUT2D eigenvalue weighted by atomic mass is 10.2. The predicted molar refractivity (Wildman–Crippen MR) is 134 cm³/mol. The highest BCUT2D eigenvalue weighted by Gasteiger charge is 2.19. The fourth-order valence-electron chi connectivity index (χ4n) is 4.14. The summed E-state index contributed by atoms with van der Waals surface area (Å²) in [6.45, 7) is 5.20. The molecular weight excluding hydrogens is 468 g/mol. The molecule has 12 heteroatoms. The van der Waals surface area contributed by atoms with E-state index in [-0.39, 0.29) is 5.95 Å². The number of anilines is 3. The van der Waals surface area contributed by atoms with Crippen LogP contribution >= 0.6 is 0 Å². The minimum absolute atomic E-state index is 0.269. The van der Waals surface area contributed by atoms with Gasteiger partial charge in [0, 0.05) is 64.3 Å². The minimum Gasteiger partial charge on any atom is -0.463 e. The van der Waals surface area contributed by atoms with Gasteiger partial charge in [-0.25, -0.2) is 8.42 Å². The summed E-state index contributed by atoms with van der Waals surface area (Å²) in [6, 6.07) is 12.6. The highest BCUT2D eigenvalue weighted by molar-refractivity contribution is 7.90. The van der Waals surface area contributed by atoms with Crippen molar-refractivity contribution >= 4 is 33.1 Å². The Morgan fingerprint density at radius 2 is 1.83 bits per heavy atom. The van der Waals surface area contributed by atoms with Gasteiger partial charge >= 0.3 is 0 Å². The van der Waals surface area contributed by atoms with E-state index in [9.17, 15) is 8.42 Å². The smallest absolute Gasteiger partial charge is 0.230 e. The second-order valence-electron chi connectivity index (χ2n) is 8.67. The minimum atomic E-state index is -3.18. The van der Waals surface area contributed by atoms with Gasteiger partial charge in [0.05, 0.1) is 11.2 Å². The van der Waals surface area contributed by atoms with Crippen molar-refractivity contribution < 1.29 is 12.8 Å². The third-order valence-electron chi connectivity index (χ3n) is 6.21. The number of hydrogen-bond donors (Lipinski definition) is 1. The third-order valence-corrected chi connectivity index (χ3v) is 7.33. The molecule has 2 N–H and O–H groups in total. The van der Waals surface area contributed by atoms with Gasteiger partial charge < -0.3 is 20.0 Å². The Balaban J connectivity index is 1.17. The van der Waals surface area contributed by atoms with Crippen molar-refractivity contribution in [2.75, 3.05) is 68.1 Å². The number of aromatic nitrogens is 4. The number of rotatable bonds is 7. The molecule has 0 aliphatic carbocycles. The number of fused-ring (bicyclic) bond motifs is 1. The highest BCUT2D eigenvalue weighted by Crippen LogP contribution is 2.22. The average Bonchev–Trinajstić information content (AvgIpc) is 3.53. The Morgan fingerprint density at radius 3 is 2.49 bits per heavy atom. The number of nitrogens with two attached hydrogens (primary N) is 1. The Hall–Kier alpha value is -3.64. The second kappa shape index (κ2) is 9.19. The lowest BCUT2D eigenvalue weighted by Crippen LogP contribution is -2.48. The van der Waals surface area contributed by atoms with Crippen LogP contribution in [0.4, 0.5) is 17.6 Å². The topological polar surface area (TPSA) is 126 Å². The Bertz CT molecular complexity index is 1410. The van der Waals surface area contributed by atoms with Gasteiger partial charge in [-0.1, -0.05) is 0 Å². The Labute approximate surface area is 203 Å². The molecule has 0 atom stereocenters. The van der Waals surface area contributed by atoms with E-state index in [1.165, 1.54) is 10.8 Å². The zero-order valence-corrected chi connectivity index (χ0v) is 20.5. The first-order valence-electron chi connectivity index (χ1n) is 11.3. The van der Waals surface area contributed by atoms with Crippen LogP contribution in [0.25, 0.3) is 17.1 Å². The van der Waals surface area contributed by atoms with Gasteiger partial charge in [0.15, 0.2) is 21.2 Å². The van der Waals surface area contributed by atoms with E-state index < -0.39 is 9.84 Å². The molecule has 11 nitrogen and oxygen atoms in total. The van der Waals surface area contributed by atoms with E-state index in [4.69, 9.17) is 10.2 Å². The molecule has 1 aliphatic rings. The number of piperazine rings is 1. The van der Waals surface area contributed by atoms with Gasteiger partial charge in [-0.05, 0) is 36.4 Å². The fraction of sp³-hybridized carbons (Fsp3) is 0.348. The summed E-state index contributed by atoms with van der Waals surface area (Å²) in [5.41, 5.74) is 8.45. The first kappa shape index (κ1) is 23.1. The van der Waals surface area contributed by atoms with E-state index in [0.717, 1.165) is 45.0 Å². The average molecular weight is 497 g/mol. The van der Waals surface area contributed by atoms with Crippen LogP contribution in [-0.4, -0.2) is 85.5 Å². The highest BCUT2D eigenvalue weighted by atomic mass is 32.2. The van der Waals surface area contributed by atoms with E-state index in [0.29, 0.717) is 27.9 Å². The van der Waals surface area contributed by atoms with Crippen molar-refractivity contribution in [3.63, 3.8) is 0 Å². The maximum absolute atomic E-state index is 11.7. The zero-order valence-electron chi connectivity index (χ0n) is 19.7. The molecule has 0 bridgehead atoms. The molecule has 1 aliphatic heterocycles. The molecule has 0 radical (unpaired) electrons. The number of nitrogens with zero attached hydrogens (tertiary/aromatic N) is 7. The summed E-state index contributed by atoms with van der Waals surface area (Å²) in [6.07, 6.45) is 2.82. The van der Waals surface area contributed by atoms with Crippen molar-refractivity contribution in [3.05, 3.63) is 48.7 Å². The van der Waals surface area contributed by atoms with E-state index in [1.54, 1.807) is 18.4 Å². The molecule has 4 heterocycles. The molecule has 1 fully saturated rings. The first-order valence-corrected chi connectivity index (χ1v) is 13.2. The molecule has 0 saturated carbocycles. The predicted octanol–water partition coefficient (Wildman–Crippen LogP) is 1.63. The summed E-state index contributed by atoms with van der Waals surface area (Å²) >= 11 is 0. The lowest BCUT2D eigenvalue weighted by Gasteiger charge is -2.36. The normalized spacial score (nSPS) is 15.1. The standard InChI is InChI=1S/C23H28N8O3S/c1-28(23-25-21-16-19(20-4-3-15-34-20)27-31(21)22(24)26-23)9-10-29-11-13-30(14-12-29)17-5-7-18(8-6-17)35(2,32)33/h3-8,15-16H,9-14H2,1-2H3,(H2,24,25,26). The van der Waals surface area contributed by atoms with Gasteiger partial charge in [-0.15, -0.1) is 0 Å². The molecule has 1 saturated heterocycles. The molecule has 0 amide bonds. The van der Waals surface area contributed by atoms with Crippen molar-refractivity contribution in [3.8, 4) is 11.5 Å². The summed E-state index contributed by atoms with van der Waals surface area (Å²) in [5, 5.41) is 4.44. The maximum atomic E-state index is 11.7. The summed E-state index contributed by atoms with van der Waals surface area (Å²) in [7, 11) is -1.23. The SMILES string of the molecule is CN(CCN1CCN(c2ccc(S(C)(=O)=O)cc2)CC1)c1nc(N)n2nc(-c3ccco3)cc2n1. The molecule has 0 spiro atoms. The van der Waals surface area contributed by atoms with Crippen LogP contribution in [0.15, 0.2) is 58.0 Å². The van der Waals surface area contributed by atoms with Gasteiger partial charge in [0.2, 0.25) is 11.9 Å². The molecule has 0 unspecified atom stereocenters. The van der Waals surface area contributed by atoms with Crippen LogP contribution in [0.2, 0.25) is 0 Å². The maximum Gasteiger partial charge on any atom is 0.230 e. The van der Waals surface area contributed by atoms with Crippen LogP contribution in [-0.2, 0) is 9.84 Å². The third kappa shape index (κ3) is 4.93. The number of likely N-dealkylation sites (N-methyl/N-ethyl adjacent to an activating group) is 1. The second-order valence-corrected chi connectivity index (χ2v) is 10.7. The van der Waals surface area contributed by atoms with Crippen LogP contribution in [0.3, 0.4) is 0 Å². The fourth-order valence-corrected chi connectivity index (χ4v) is 4.77. The van der Waals surface area contributed by atoms with E-state index in [1.807, 2.05) is 42.3 Å². The number of hydrogen-bond acceptors (Lipinski definition) is 10. The van der Waals surface area contributed by atoms with Crippen LogP contribution in [0.1, 0.15) is 0 Å². The monoisotopic (exact) mass is 496 g/mol. The zero-order chi connectivity index (χ0) is 24.6. The first-order chi connectivity index (χ1) is 16.8. The van der Waals surface area contributed by atoms with Gasteiger partial charge in [-0.3, -0.25) is 4.90 Å². The van der Waals surface area contributed by atoms with Crippen molar-refractivity contribution in [2.45, 2.75) is 4.90 Å². The number of nitrogen functional groups attached to an aromatic ring is 1. The van der Waals surface area contributed by atoms with E-state index >= 15 is 0 Å². The number of benzene rings is 1. The van der Waals surface area contributed by atoms with Crippen LogP contribution in [0.5, 0.6) is 0 Å². The summed E-state index contributed by atoms with van der Waals surface area (Å²) in [4.78, 5) is 16.1. The van der Waals surface area contributed by atoms with E-state index in [2.05, 4.69) is 24.9 Å². The quantitative estimate of drug-likeness (QED) is 0.403. The molecule has 5 rings (SSSR count).